The molecule has 0 spiro atoms. The van der Waals surface area contributed by atoms with Crippen molar-refractivity contribution in [2.45, 2.75) is 25.2 Å². The van der Waals surface area contributed by atoms with Gasteiger partial charge < -0.3 is 10.0 Å². The topological polar surface area (TPSA) is 53.4 Å². The lowest BCUT2D eigenvalue weighted by molar-refractivity contribution is -0.138. The molecular formula is C14H16N2O2S2. The largest absolute Gasteiger partial charge is 0.481 e. The minimum Gasteiger partial charge on any atom is -0.481 e. The molecule has 0 amide bonds. The maximum atomic E-state index is 11.2. The van der Waals surface area contributed by atoms with Gasteiger partial charge in [-0.1, -0.05) is 6.07 Å². The van der Waals surface area contributed by atoms with Crippen LogP contribution in [-0.2, 0) is 17.6 Å². The lowest BCUT2D eigenvalue weighted by atomic mass is 10.1. The van der Waals surface area contributed by atoms with Gasteiger partial charge in [0, 0.05) is 23.3 Å². The fraction of sp³-hybridized carbons (Fsp3) is 0.429. The van der Waals surface area contributed by atoms with E-state index in [0.29, 0.717) is 6.42 Å². The van der Waals surface area contributed by atoms with Gasteiger partial charge in [-0.05, 0) is 30.7 Å². The molecule has 1 aliphatic rings. The van der Waals surface area contributed by atoms with E-state index in [4.69, 9.17) is 0 Å². The number of carboxylic acid groups (broad SMARTS) is 1. The normalized spacial score (nSPS) is 17.1. The number of hydrogen-bond acceptors (Lipinski definition) is 5. The Morgan fingerprint density at radius 1 is 1.60 bits per heavy atom. The molecule has 3 rings (SSSR count). The number of likely N-dealkylation sites (N-methyl/N-ethyl adjacent to an activating group) is 1. The number of aliphatic carboxylic acids is 1. The number of carboxylic acids is 1. The summed E-state index contributed by atoms with van der Waals surface area (Å²) in [5.41, 5.74) is 0.792. The highest BCUT2D eigenvalue weighted by Crippen LogP contribution is 2.39. The second kappa shape index (κ2) is 5.54. The van der Waals surface area contributed by atoms with Gasteiger partial charge in [-0.3, -0.25) is 4.79 Å². The molecule has 0 saturated carbocycles. The molecule has 2 aromatic heterocycles. The second-order valence-electron chi connectivity index (χ2n) is 4.99. The molecule has 0 radical (unpaired) electrons. The van der Waals surface area contributed by atoms with Crippen molar-refractivity contribution in [3.05, 3.63) is 33.0 Å². The number of hydrogen-bond donors (Lipinski definition) is 1. The summed E-state index contributed by atoms with van der Waals surface area (Å²) in [6.07, 6.45) is 2.55. The fourth-order valence-corrected chi connectivity index (χ4v) is 4.27. The zero-order valence-electron chi connectivity index (χ0n) is 11.2. The molecule has 0 fully saturated rings. The molecule has 2 heterocycles. The molecular weight excluding hydrogens is 292 g/mol. The lowest BCUT2D eigenvalue weighted by Crippen LogP contribution is -2.20. The molecule has 6 heteroatoms. The van der Waals surface area contributed by atoms with E-state index in [2.05, 4.69) is 27.4 Å². The van der Waals surface area contributed by atoms with Crippen molar-refractivity contribution in [3.8, 4) is 0 Å². The van der Waals surface area contributed by atoms with Gasteiger partial charge in [-0.2, -0.15) is 0 Å². The van der Waals surface area contributed by atoms with Crippen molar-refractivity contribution in [1.29, 1.82) is 0 Å². The van der Waals surface area contributed by atoms with Crippen molar-refractivity contribution in [3.63, 3.8) is 0 Å². The van der Waals surface area contributed by atoms with Gasteiger partial charge in [-0.15, -0.1) is 22.7 Å². The van der Waals surface area contributed by atoms with Crippen LogP contribution in [-0.4, -0.2) is 29.7 Å². The standard InChI is InChI=1S/C14H16N2O2S2/c1-16(7-6-9-3-2-8-19-9)14-15-12-10(13(17)18)4-5-11(12)20-14/h2-3,8,10H,4-7H2,1H3,(H,17,18). The summed E-state index contributed by atoms with van der Waals surface area (Å²) in [6, 6.07) is 4.20. The van der Waals surface area contributed by atoms with Gasteiger partial charge in [0.25, 0.3) is 0 Å². The Labute approximate surface area is 125 Å². The number of fused-ring (bicyclic) bond motifs is 1. The molecule has 4 nitrogen and oxygen atoms in total. The van der Waals surface area contributed by atoms with Crippen molar-refractivity contribution < 1.29 is 9.90 Å². The summed E-state index contributed by atoms with van der Waals surface area (Å²) in [6.45, 7) is 0.907. The van der Waals surface area contributed by atoms with E-state index in [1.54, 1.807) is 22.7 Å². The highest BCUT2D eigenvalue weighted by molar-refractivity contribution is 7.15. The Morgan fingerprint density at radius 3 is 3.15 bits per heavy atom. The molecule has 1 unspecified atom stereocenters. The van der Waals surface area contributed by atoms with Crippen LogP contribution in [0.5, 0.6) is 0 Å². The molecule has 0 bridgehead atoms. The van der Waals surface area contributed by atoms with E-state index in [-0.39, 0.29) is 0 Å². The van der Waals surface area contributed by atoms with Crippen LogP contribution in [0.4, 0.5) is 5.13 Å². The smallest absolute Gasteiger partial charge is 0.312 e. The Morgan fingerprint density at radius 2 is 2.45 bits per heavy atom. The molecule has 1 N–H and O–H groups in total. The maximum absolute atomic E-state index is 11.2. The third-order valence-corrected chi connectivity index (χ3v) is 5.79. The van der Waals surface area contributed by atoms with Crippen molar-refractivity contribution in [2.75, 3.05) is 18.5 Å². The molecule has 0 aliphatic heterocycles. The summed E-state index contributed by atoms with van der Waals surface area (Å²) in [7, 11) is 2.03. The fourth-order valence-electron chi connectivity index (χ4n) is 2.45. The van der Waals surface area contributed by atoms with Crippen molar-refractivity contribution in [1.82, 2.24) is 4.98 Å². The lowest BCUT2D eigenvalue weighted by Gasteiger charge is -2.15. The first-order chi connectivity index (χ1) is 9.65. The Kier molecular flexibility index (Phi) is 3.76. The molecule has 0 saturated heterocycles. The number of nitrogens with zero attached hydrogens (tertiary/aromatic N) is 2. The average Bonchev–Trinajstić information content (AvgIpc) is 3.11. The van der Waals surface area contributed by atoms with Gasteiger partial charge in [0.05, 0.1) is 5.69 Å². The number of thiophene rings is 1. The molecule has 1 atom stereocenters. The summed E-state index contributed by atoms with van der Waals surface area (Å²) in [5, 5.41) is 12.2. The first-order valence-corrected chi connectivity index (χ1v) is 8.30. The Bertz CT molecular complexity index is 607. The van der Waals surface area contributed by atoms with E-state index in [1.165, 1.54) is 4.88 Å². The first kappa shape index (κ1) is 13.6. The van der Waals surface area contributed by atoms with Crippen LogP contribution < -0.4 is 4.90 Å². The quantitative estimate of drug-likeness (QED) is 0.922. The average molecular weight is 308 g/mol. The number of aromatic nitrogens is 1. The van der Waals surface area contributed by atoms with Crippen LogP contribution in [0.15, 0.2) is 17.5 Å². The van der Waals surface area contributed by atoms with Crippen LogP contribution in [0, 0.1) is 0 Å². The molecule has 1 aliphatic carbocycles. The van der Waals surface area contributed by atoms with Gasteiger partial charge >= 0.3 is 5.97 Å². The number of thiazole rings is 1. The minimum absolute atomic E-state index is 0.402. The predicted molar refractivity (Wildman–Crippen MR) is 82.1 cm³/mol. The minimum atomic E-state index is -0.748. The Hall–Kier alpha value is -1.40. The van der Waals surface area contributed by atoms with Crippen LogP contribution in [0.2, 0.25) is 0 Å². The van der Waals surface area contributed by atoms with Gasteiger partial charge in [0.2, 0.25) is 0 Å². The molecule has 2 aromatic rings. The summed E-state index contributed by atoms with van der Waals surface area (Å²) in [5.74, 6) is -1.15. The SMILES string of the molecule is CN(CCc1cccs1)c1nc2c(s1)CCC2C(=O)O. The predicted octanol–water partition coefficient (Wildman–Crippen LogP) is 3.00. The Balaban J connectivity index is 1.69. The number of carbonyl (C=O) groups is 1. The van der Waals surface area contributed by atoms with E-state index in [1.807, 2.05) is 7.05 Å². The third kappa shape index (κ3) is 2.58. The van der Waals surface area contributed by atoms with E-state index < -0.39 is 11.9 Å². The van der Waals surface area contributed by atoms with Crippen molar-refractivity contribution >= 4 is 33.8 Å². The van der Waals surface area contributed by atoms with Crippen molar-refractivity contribution in [2.24, 2.45) is 0 Å². The van der Waals surface area contributed by atoms with Gasteiger partial charge in [0.1, 0.15) is 5.92 Å². The van der Waals surface area contributed by atoms with Gasteiger partial charge in [0.15, 0.2) is 5.13 Å². The summed E-state index contributed by atoms with van der Waals surface area (Å²) >= 11 is 3.41. The summed E-state index contributed by atoms with van der Waals surface area (Å²) in [4.78, 5) is 20.4. The number of anilines is 1. The zero-order valence-corrected chi connectivity index (χ0v) is 12.8. The first-order valence-electron chi connectivity index (χ1n) is 6.61. The third-order valence-electron chi connectivity index (χ3n) is 3.60. The summed E-state index contributed by atoms with van der Waals surface area (Å²) < 4.78 is 0. The highest BCUT2D eigenvalue weighted by atomic mass is 32.1. The molecule has 20 heavy (non-hydrogen) atoms. The van der Waals surface area contributed by atoms with Crippen LogP contribution in [0.3, 0.4) is 0 Å². The van der Waals surface area contributed by atoms with E-state index in [0.717, 1.165) is 35.1 Å². The maximum Gasteiger partial charge on any atom is 0.312 e. The second-order valence-corrected chi connectivity index (χ2v) is 7.08. The number of aryl methyl sites for hydroxylation is 1. The van der Waals surface area contributed by atoms with E-state index in [9.17, 15) is 9.90 Å². The van der Waals surface area contributed by atoms with Gasteiger partial charge in [-0.25, -0.2) is 4.98 Å². The highest BCUT2D eigenvalue weighted by Gasteiger charge is 2.32. The molecule has 0 aromatic carbocycles. The zero-order chi connectivity index (χ0) is 14.1. The monoisotopic (exact) mass is 308 g/mol. The molecule has 106 valence electrons. The van der Waals surface area contributed by atoms with Crippen LogP contribution in [0.1, 0.15) is 27.8 Å². The van der Waals surface area contributed by atoms with Crippen LogP contribution >= 0.6 is 22.7 Å². The van der Waals surface area contributed by atoms with E-state index >= 15 is 0 Å². The number of rotatable bonds is 5. The van der Waals surface area contributed by atoms with Crippen LogP contribution in [0.25, 0.3) is 0 Å².